The lowest BCUT2D eigenvalue weighted by atomic mass is 10.1. The molecule has 0 bridgehead atoms. The zero-order valence-electron chi connectivity index (χ0n) is 7.13. The number of methoxy groups -OCH3 is 1. The predicted octanol–water partition coefficient (Wildman–Crippen LogP) is 1.14. The number of halogens is 2. The topological polar surface area (TPSA) is 48.1 Å². The van der Waals surface area contributed by atoms with Gasteiger partial charge in [0.05, 0.1) is 13.7 Å². The molecule has 1 heterocycles. The smallest absolute Gasteiger partial charge is 0.285 e. The molecule has 5 heteroatoms. The maximum absolute atomic E-state index is 13.0. The molecule has 0 aliphatic carbocycles. The van der Waals surface area contributed by atoms with Crippen LogP contribution in [0, 0.1) is 0 Å². The normalized spacial score (nSPS) is 11.4. The Morgan fingerprint density at radius 3 is 2.85 bits per heavy atom. The van der Waals surface area contributed by atoms with Crippen molar-refractivity contribution in [3.05, 3.63) is 23.9 Å². The molecule has 0 unspecified atom stereocenters. The number of nitrogens with two attached hydrogens (primary N) is 1. The quantitative estimate of drug-likeness (QED) is 0.773. The highest BCUT2D eigenvalue weighted by atomic mass is 19.3. The number of hydrogen-bond acceptors (Lipinski definition) is 3. The number of hydrogen-bond donors (Lipinski definition) is 1. The van der Waals surface area contributed by atoms with Gasteiger partial charge in [0.2, 0.25) is 5.88 Å². The van der Waals surface area contributed by atoms with Crippen molar-refractivity contribution in [3.8, 4) is 5.88 Å². The van der Waals surface area contributed by atoms with Crippen LogP contribution in [-0.2, 0) is 5.92 Å². The summed E-state index contributed by atoms with van der Waals surface area (Å²) >= 11 is 0. The highest BCUT2D eigenvalue weighted by Gasteiger charge is 2.29. The SMILES string of the molecule is COc1cc(C(F)(F)CN)ccn1. The lowest BCUT2D eigenvalue weighted by molar-refractivity contribution is 0.00563. The van der Waals surface area contributed by atoms with Gasteiger partial charge >= 0.3 is 0 Å². The first-order chi connectivity index (χ1) is 6.10. The average molecular weight is 188 g/mol. The van der Waals surface area contributed by atoms with E-state index in [-0.39, 0.29) is 11.4 Å². The van der Waals surface area contributed by atoms with Crippen molar-refractivity contribution in [2.75, 3.05) is 13.7 Å². The van der Waals surface area contributed by atoms with Gasteiger partial charge in [0.1, 0.15) is 0 Å². The van der Waals surface area contributed by atoms with Gasteiger partial charge in [-0.25, -0.2) is 4.98 Å². The van der Waals surface area contributed by atoms with Crippen molar-refractivity contribution in [2.24, 2.45) is 5.73 Å². The molecule has 72 valence electrons. The third-order valence-electron chi connectivity index (χ3n) is 1.62. The number of rotatable bonds is 3. The fourth-order valence-electron chi connectivity index (χ4n) is 0.866. The van der Waals surface area contributed by atoms with Gasteiger partial charge in [-0.15, -0.1) is 0 Å². The van der Waals surface area contributed by atoms with Crippen LogP contribution in [0.25, 0.3) is 0 Å². The number of ether oxygens (including phenoxy) is 1. The molecule has 0 aliphatic heterocycles. The third kappa shape index (κ3) is 2.12. The summed E-state index contributed by atoms with van der Waals surface area (Å²) in [4.78, 5) is 3.71. The van der Waals surface area contributed by atoms with E-state index in [1.165, 1.54) is 25.4 Å². The minimum absolute atomic E-state index is 0.158. The fourth-order valence-corrected chi connectivity index (χ4v) is 0.866. The summed E-state index contributed by atoms with van der Waals surface area (Å²) in [5, 5.41) is 0. The molecule has 13 heavy (non-hydrogen) atoms. The van der Waals surface area contributed by atoms with Crippen molar-refractivity contribution < 1.29 is 13.5 Å². The third-order valence-corrected chi connectivity index (χ3v) is 1.62. The van der Waals surface area contributed by atoms with Gasteiger partial charge in [-0.2, -0.15) is 8.78 Å². The highest BCUT2D eigenvalue weighted by molar-refractivity contribution is 5.24. The van der Waals surface area contributed by atoms with E-state index in [4.69, 9.17) is 10.5 Å². The maximum Gasteiger partial charge on any atom is 0.285 e. The monoisotopic (exact) mass is 188 g/mol. The first kappa shape index (κ1) is 9.85. The van der Waals surface area contributed by atoms with Crippen LogP contribution < -0.4 is 10.5 Å². The Morgan fingerprint density at radius 2 is 2.31 bits per heavy atom. The van der Waals surface area contributed by atoms with Gasteiger partial charge in [-0.3, -0.25) is 0 Å². The second kappa shape index (κ2) is 3.66. The van der Waals surface area contributed by atoms with E-state index >= 15 is 0 Å². The summed E-state index contributed by atoms with van der Waals surface area (Å²) in [7, 11) is 1.37. The number of alkyl halides is 2. The number of nitrogens with zero attached hydrogens (tertiary/aromatic N) is 1. The second-order valence-corrected chi connectivity index (χ2v) is 2.50. The first-order valence-corrected chi connectivity index (χ1v) is 3.68. The molecule has 1 rings (SSSR count). The van der Waals surface area contributed by atoms with Crippen LogP contribution in [0.3, 0.4) is 0 Å². The Hall–Kier alpha value is -1.23. The maximum atomic E-state index is 13.0. The van der Waals surface area contributed by atoms with Crippen molar-refractivity contribution in [2.45, 2.75) is 5.92 Å². The molecule has 1 aromatic rings. The highest BCUT2D eigenvalue weighted by Crippen LogP contribution is 2.27. The minimum atomic E-state index is -3.02. The van der Waals surface area contributed by atoms with E-state index in [9.17, 15) is 8.78 Å². The number of pyridine rings is 1. The lowest BCUT2D eigenvalue weighted by Crippen LogP contribution is -2.25. The van der Waals surface area contributed by atoms with Crippen molar-refractivity contribution >= 4 is 0 Å². The van der Waals surface area contributed by atoms with Crippen LogP contribution in [0.2, 0.25) is 0 Å². The van der Waals surface area contributed by atoms with Crippen molar-refractivity contribution in [1.82, 2.24) is 4.98 Å². The molecule has 0 aromatic carbocycles. The summed E-state index contributed by atoms with van der Waals surface area (Å²) in [6.45, 7) is -0.722. The Balaban J connectivity index is 3.01. The van der Waals surface area contributed by atoms with Crippen LogP contribution in [0.5, 0.6) is 5.88 Å². The van der Waals surface area contributed by atoms with Gasteiger partial charge in [0.25, 0.3) is 5.92 Å². The number of aromatic nitrogens is 1. The van der Waals surface area contributed by atoms with Gasteiger partial charge in [-0.05, 0) is 6.07 Å². The fraction of sp³-hybridized carbons (Fsp3) is 0.375. The summed E-state index contributed by atoms with van der Waals surface area (Å²) in [5.74, 6) is -2.86. The first-order valence-electron chi connectivity index (χ1n) is 3.68. The molecule has 1 aromatic heterocycles. The molecular formula is C8H10F2N2O. The van der Waals surface area contributed by atoms with E-state index in [2.05, 4.69) is 4.98 Å². The Morgan fingerprint density at radius 1 is 1.62 bits per heavy atom. The van der Waals surface area contributed by atoms with Gasteiger partial charge in [0.15, 0.2) is 0 Å². The summed E-state index contributed by atoms with van der Waals surface area (Å²) in [5.41, 5.74) is 4.74. The minimum Gasteiger partial charge on any atom is -0.481 e. The van der Waals surface area contributed by atoms with E-state index in [1.807, 2.05) is 0 Å². The molecule has 0 aliphatic rings. The summed E-state index contributed by atoms with van der Waals surface area (Å²) < 4.78 is 30.7. The van der Waals surface area contributed by atoms with Crippen LogP contribution in [0.1, 0.15) is 5.56 Å². The van der Waals surface area contributed by atoms with Crippen LogP contribution in [0.4, 0.5) is 8.78 Å². The summed E-state index contributed by atoms with van der Waals surface area (Å²) in [6, 6.07) is 2.39. The zero-order chi connectivity index (χ0) is 9.90. The molecule has 0 spiro atoms. The van der Waals surface area contributed by atoms with Crippen LogP contribution in [-0.4, -0.2) is 18.6 Å². The molecular weight excluding hydrogens is 178 g/mol. The molecule has 0 saturated heterocycles. The summed E-state index contributed by atoms with van der Waals surface area (Å²) in [6.07, 6.45) is 1.26. The van der Waals surface area contributed by atoms with E-state index < -0.39 is 12.5 Å². The molecule has 0 saturated carbocycles. The standard InChI is InChI=1S/C8H10F2N2O/c1-13-7-4-6(2-3-12-7)8(9,10)5-11/h2-4H,5,11H2,1H3. The zero-order valence-corrected chi connectivity index (χ0v) is 7.13. The average Bonchev–Trinajstić information content (AvgIpc) is 2.18. The van der Waals surface area contributed by atoms with E-state index in [1.54, 1.807) is 0 Å². The molecule has 2 N–H and O–H groups in total. The Labute approximate surface area is 74.5 Å². The molecule has 0 fully saturated rings. The molecule has 3 nitrogen and oxygen atoms in total. The van der Waals surface area contributed by atoms with Gasteiger partial charge < -0.3 is 10.5 Å². The lowest BCUT2D eigenvalue weighted by Gasteiger charge is -2.13. The van der Waals surface area contributed by atoms with Crippen LogP contribution >= 0.6 is 0 Å². The van der Waals surface area contributed by atoms with Gasteiger partial charge in [0, 0.05) is 17.8 Å². The largest absolute Gasteiger partial charge is 0.481 e. The second-order valence-electron chi connectivity index (χ2n) is 2.50. The predicted molar refractivity (Wildman–Crippen MR) is 43.7 cm³/mol. The molecule has 0 atom stereocenters. The molecule has 0 radical (unpaired) electrons. The molecule has 0 amide bonds. The Kier molecular flexibility index (Phi) is 2.77. The Bertz CT molecular complexity index is 291. The van der Waals surface area contributed by atoms with Crippen LogP contribution in [0.15, 0.2) is 18.3 Å². The van der Waals surface area contributed by atoms with E-state index in [0.29, 0.717) is 0 Å². The van der Waals surface area contributed by atoms with Crippen molar-refractivity contribution in [1.29, 1.82) is 0 Å². The van der Waals surface area contributed by atoms with Crippen molar-refractivity contribution in [3.63, 3.8) is 0 Å². The van der Waals surface area contributed by atoms with Gasteiger partial charge in [-0.1, -0.05) is 0 Å². The van der Waals surface area contributed by atoms with E-state index in [0.717, 1.165) is 0 Å².